The lowest BCUT2D eigenvalue weighted by molar-refractivity contribution is 0.146. The molecule has 0 aliphatic rings. The van der Waals surface area contributed by atoms with Gasteiger partial charge < -0.3 is 9.53 Å². The first-order chi connectivity index (χ1) is 12.8. The predicted molar refractivity (Wildman–Crippen MR) is 118 cm³/mol. The first kappa shape index (κ1) is 29.6. The molecule has 0 radical (unpaired) electrons. The summed E-state index contributed by atoms with van der Waals surface area (Å²) >= 11 is 0. The molecule has 28 heavy (non-hydrogen) atoms. The molecule has 0 amide bonds. The van der Waals surface area contributed by atoms with Crippen LogP contribution in [0, 0.1) is 5.92 Å². The Morgan fingerprint density at radius 1 is 1.18 bits per heavy atom. The molecular weight excluding hydrogens is 398 g/mol. The fourth-order valence-electron chi connectivity index (χ4n) is 1.98. The maximum atomic E-state index is 10.1. The van der Waals surface area contributed by atoms with Crippen LogP contribution in [0.1, 0.15) is 66.2 Å². The van der Waals surface area contributed by atoms with E-state index in [1.165, 1.54) is 0 Å². The van der Waals surface area contributed by atoms with E-state index in [4.69, 9.17) is 14.5 Å². The SMILES string of the molecule is CC(C)(C)[Si](C)(C)OC[C@H](CO)CCCN=[N+]=[N-].CCCCCCS(=O)(=O)O. The zero-order valence-electron chi connectivity index (χ0n) is 18.5. The maximum Gasteiger partial charge on any atom is 0.264 e. The summed E-state index contributed by atoms with van der Waals surface area (Å²) in [5, 5.41) is 13.0. The van der Waals surface area contributed by atoms with Gasteiger partial charge in [-0.05, 0) is 42.9 Å². The van der Waals surface area contributed by atoms with Gasteiger partial charge in [0.2, 0.25) is 0 Å². The molecule has 168 valence electrons. The van der Waals surface area contributed by atoms with Crippen molar-refractivity contribution in [3.05, 3.63) is 10.4 Å². The molecule has 2 N–H and O–H groups in total. The molecule has 0 unspecified atom stereocenters. The minimum absolute atomic E-state index is 0.0903. The Labute approximate surface area is 172 Å². The lowest BCUT2D eigenvalue weighted by atomic mass is 10.1. The van der Waals surface area contributed by atoms with Gasteiger partial charge >= 0.3 is 0 Å². The number of nitrogens with zero attached hydrogens (tertiary/aromatic N) is 3. The zero-order chi connectivity index (χ0) is 22.3. The van der Waals surface area contributed by atoms with Crippen molar-refractivity contribution < 1.29 is 22.5 Å². The number of rotatable bonds is 13. The summed E-state index contributed by atoms with van der Waals surface area (Å²) in [6.07, 6.45) is 5.21. The van der Waals surface area contributed by atoms with Crippen molar-refractivity contribution in [2.45, 2.75) is 84.4 Å². The smallest absolute Gasteiger partial charge is 0.264 e. The largest absolute Gasteiger partial charge is 0.416 e. The van der Waals surface area contributed by atoms with Gasteiger partial charge in [-0.3, -0.25) is 4.55 Å². The highest BCUT2D eigenvalue weighted by Gasteiger charge is 2.37. The summed E-state index contributed by atoms with van der Waals surface area (Å²) in [5.74, 6) is 0.0560. The quantitative estimate of drug-likeness (QED) is 0.102. The van der Waals surface area contributed by atoms with Crippen LogP contribution in [0.3, 0.4) is 0 Å². The fourth-order valence-corrected chi connectivity index (χ4v) is 3.63. The lowest BCUT2D eigenvalue weighted by Gasteiger charge is -2.37. The molecule has 8 nitrogen and oxygen atoms in total. The summed E-state index contributed by atoms with van der Waals surface area (Å²) in [5.41, 5.74) is 8.18. The Morgan fingerprint density at radius 3 is 2.21 bits per heavy atom. The molecule has 0 fully saturated rings. The minimum Gasteiger partial charge on any atom is -0.416 e. The van der Waals surface area contributed by atoms with Crippen LogP contribution in [-0.4, -0.2) is 51.9 Å². The fraction of sp³-hybridized carbons (Fsp3) is 1.00. The molecule has 0 bridgehead atoms. The molecule has 0 saturated heterocycles. The van der Waals surface area contributed by atoms with Crippen molar-refractivity contribution in [3.63, 3.8) is 0 Å². The summed E-state index contributed by atoms with van der Waals surface area (Å²) in [6.45, 7) is 14.3. The van der Waals surface area contributed by atoms with Crippen LogP contribution in [0.4, 0.5) is 0 Å². The van der Waals surface area contributed by atoms with Crippen LogP contribution < -0.4 is 0 Å². The average molecular weight is 440 g/mol. The van der Waals surface area contributed by atoms with Gasteiger partial charge in [-0.2, -0.15) is 8.42 Å². The number of azide groups is 1. The van der Waals surface area contributed by atoms with Crippen molar-refractivity contribution in [2.75, 3.05) is 25.5 Å². The molecule has 0 aromatic heterocycles. The number of aliphatic hydroxyl groups excluding tert-OH is 1. The highest BCUT2D eigenvalue weighted by Crippen LogP contribution is 2.36. The van der Waals surface area contributed by atoms with Crippen LogP contribution >= 0.6 is 0 Å². The van der Waals surface area contributed by atoms with Crippen LogP contribution in [0.25, 0.3) is 10.4 Å². The van der Waals surface area contributed by atoms with E-state index < -0.39 is 18.4 Å². The average Bonchev–Trinajstić information content (AvgIpc) is 2.57. The zero-order valence-corrected chi connectivity index (χ0v) is 20.3. The highest BCUT2D eigenvalue weighted by molar-refractivity contribution is 7.85. The molecule has 10 heteroatoms. The van der Waals surface area contributed by atoms with Crippen LogP contribution in [-0.2, 0) is 14.5 Å². The molecule has 0 spiro atoms. The van der Waals surface area contributed by atoms with Crippen molar-refractivity contribution in [3.8, 4) is 0 Å². The first-order valence-electron chi connectivity index (χ1n) is 10.0. The van der Waals surface area contributed by atoms with Crippen molar-refractivity contribution in [1.29, 1.82) is 0 Å². The van der Waals surface area contributed by atoms with Gasteiger partial charge in [-0.25, -0.2) is 0 Å². The van der Waals surface area contributed by atoms with E-state index in [2.05, 4.69) is 43.9 Å². The van der Waals surface area contributed by atoms with Gasteiger partial charge in [0, 0.05) is 30.6 Å². The molecule has 0 aliphatic carbocycles. The Kier molecular flexibility index (Phi) is 16.1. The van der Waals surface area contributed by atoms with Gasteiger partial charge in [-0.1, -0.05) is 52.1 Å². The standard InChI is InChI=1S/C12H27N3O2Si.C6H14O3S/c1-12(2,3)18(4,5)17-10-11(9-16)7-6-8-14-15-13;1-2-3-4-5-6-10(7,8)9/h11,16H,6-10H2,1-5H3;2-6H2,1H3,(H,7,8,9)/t11-;/m0./s1. The van der Waals surface area contributed by atoms with E-state index >= 15 is 0 Å². The molecule has 0 aromatic carbocycles. The van der Waals surface area contributed by atoms with Crippen molar-refractivity contribution in [2.24, 2.45) is 11.0 Å². The summed E-state index contributed by atoms with van der Waals surface area (Å²) < 4.78 is 34.7. The Morgan fingerprint density at radius 2 is 1.79 bits per heavy atom. The van der Waals surface area contributed by atoms with Gasteiger partial charge in [0.25, 0.3) is 10.1 Å². The Balaban J connectivity index is 0. The molecule has 0 saturated carbocycles. The number of hydrogen-bond acceptors (Lipinski definition) is 5. The first-order valence-corrected chi connectivity index (χ1v) is 14.5. The monoisotopic (exact) mass is 439 g/mol. The second-order valence-electron chi connectivity index (χ2n) is 8.56. The molecule has 0 rings (SSSR count). The molecule has 0 heterocycles. The van der Waals surface area contributed by atoms with E-state index in [9.17, 15) is 13.5 Å². The lowest BCUT2D eigenvalue weighted by Crippen LogP contribution is -2.42. The Hall–Kier alpha value is -0.643. The second-order valence-corrected chi connectivity index (χ2v) is 14.9. The second kappa shape index (κ2) is 15.2. The van der Waals surface area contributed by atoms with Gasteiger partial charge in [-0.15, -0.1) is 0 Å². The van der Waals surface area contributed by atoms with E-state index in [0.29, 0.717) is 19.6 Å². The summed E-state index contributed by atoms with van der Waals surface area (Å²) in [4.78, 5) is 2.71. The van der Waals surface area contributed by atoms with Crippen molar-refractivity contribution in [1.82, 2.24) is 0 Å². The summed E-state index contributed by atoms with van der Waals surface area (Å²) in [6, 6.07) is 0. The van der Waals surface area contributed by atoms with Crippen LogP contribution in [0.15, 0.2) is 5.11 Å². The number of hydrogen-bond donors (Lipinski definition) is 2. The molecule has 0 aliphatic heterocycles. The predicted octanol–water partition coefficient (Wildman–Crippen LogP) is 5.16. The van der Waals surface area contributed by atoms with E-state index in [1.807, 2.05) is 6.92 Å². The van der Waals surface area contributed by atoms with Gasteiger partial charge in [0.05, 0.1) is 5.75 Å². The number of aliphatic hydroxyl groups is 1. The van der Waals surface area contributed by atoms with E-state index in [-0.39, 0.29) is 23.3 Å². The van der Waals surface area contributed by atoms with E-state index in [1.54, 1.807) is 0 Å². The molecular formula is C18H41N3O5SSi. The van der Waals surface area contributed by atoms with Crippen molar-refractivity contribution >= 4 is 18.4 Å². The molecule has 1 atom stereocenters. The maximum absolute atomic E-state index is 10.1. The van der Waals surface area contributed by atoms with Crippen LogP contribution in [0.2, 0.25) is 18.1 Å². The number of unbranched alkanes of at least 4 members (excludes halogenated alkanes) is 3. The van der Waals surface area contributed by atoms with Crippen LogP contribution in [0.5, 0.6) is 0 Å². The van der Waals surface area contributed by atoms with Gasteiger partial charge in [0.1, 0.15) is 0 Å². The molecule has 0 aromatic rings. The normalized spacial score (nSPS) is 13.3. The van der Waals surface area contributed by atoms with E-state index in [0.717, 1.165) is 32.1 Å². The third-order valence-electron chi connectivity index (χ3n) is 4.93. The highest BCUT2D eigenvalue weighted by atomic mass is 32.2. The van der Waals surface area contributed by atoms with Gasteiger partial charge in [0.15, 0.2) is 8.32 Å². The summed E-state index contributed by atoms with van der Waals surface area (Å²) in [7, 11) is -5.44. The third kappa shape index (κ3) is 17.5. The Bertz CT molecular complexity index is 544. The third-order valence-corrected chi connectivity index (χ3v) is 10.2. The minimum atomic E-state index is -3.70. The topological polar surface area (TPSA) is 133 Å².